The van der Waals surface area contributed by atoms with Crippen LogP contribution in [0.2, 0.25) is 0 Å². The third kappa shape index (κ3) is 5.22. The van der Waals surface area contributed by atoms with Gasteiger partial charge in [-0.25, -0.2) is 4.98 Å². The summed E-state index contributed by atoms with van der Waals surface area (Å²) in [5.41, 5.74) is -0.133. The first-order valence-corrected chi connectivity index (χ1v) is 9.72. The Kier molecular flexibility index (Phi) is 6.49. The molecule has 2 heterocycles. The Hall–Kier alpha value is -3.47. The number of amides is 3. The summed E-state index contributed by atoms with van der Waals surface area (Å²) >= 11 is 0. The van der Waals surface area contributed by atoms with Crippen molar-refractivity contribution in [2.75, 3.05) is 35.7 Å². The summed E-state index contributed by atoms with van der Waals surface area (Å²) < 4.78 is 39.0. The van der Waals surface area contributed by atoms with E-state index < -0.39 is 35.5 Å². The molecule has 0 fully saturated rings. The van der Waals surface area contributed by atoms with Gasteiger partial charge in [0, 0.05) is 5.69 Å². The van der Waals surface area contributed by atoms with Gasteiger partial charge < -0.3 is 10.6 Å². The van der Waals surface area contributed by atoms with Crippen LogP contribution in [0.25, 0.3) is 0 Å². The number of nitrogens with one attached hydrogen (secondary N) is 2. The molecule has 1 aromatic heterocycles. The topological polar surface area (TPSA) is 94.6 Å². The van der Waals surface area contributed by atoms with Gasteiger partial charge in [-0.1, -0.05) is 6.07 Å². The van der Waals surface area contributed by atoms with Crippen LogP contribution in [0.4, 0.5) is 30.4 Å². The molecule has 0 bridgehead atoms. The van der Waals surface area contributed by atoms with Gasteiger partial charge in [0.1, 0.15) is 12.4 Å². The minimum absolute atomic E-state index is 0.0949. The summed E-state index contributed by atoms with van der Waals surface area (Å²) in [6.07, 6.45) is -4.58. The molecule has 32 heavy (non-hydrogen) atoms. The summed E-state index contributed by atoms with van der Waals surface area (Å²) in [5, 5.41) is 5.01. The maximum Gasteiger partial charge on any atom is 0.416 e. The summed E-state index contributed by atoms with van der Waals surface area (Å²) in [6.45, 7) is 2.86. The van der Waals surface area contributed by atoms with Crippen molar-refractivity contribution >= 4 is 34.9 Å². The smallest absolute Gasteiger partial charge is 0.323 e. The van der Waals surface area contributed by atoms with E-state index in [2.05, 4.69) is 15.6 Å². The first-order chi connectivity index (χ1) is 15.0. The van der Waals surface area contributed by atoms with E-state index in [1.807, 2.05) is 0 Å². The zero-order valence-electron chi connectivity index (χ0n) is 17.7. The van der Waals surface area contributed by atoms with Crippen LogP contribution in [0.15, 0.2) is 36.4 Å². The number of benzene rings is 1. The van der Waals surface area contributed by atoms with E-state index in [9.17, 15) is 27.6 Å². The van der Waals surface area contributed by atoms with Crippen molar-refractivity contribution in [3.63, 3.8) is 0 Å². The summed E-state index contributed by atoms with van der Waals surface area (Å²) in [6, 6.07) is 7.14. The van der Waals surface area contributed by atoms with Crippen molar-refractivity contribution in [1.82, 2.24) is 9.88 Å². The molecule has 0 saturated carbocycles. The fourth-order valence-electron chi connectivity index (χ4n) is 3.24. The van der Waals surface area contributed by atoms with E-state index in [1.165, 1.54) is 4.90 Å². The van der Waals surface area contributed by atoms with Crippen molar-refractivity contribution < 1.29 is 27.6 Å². The number of carbonyl (C=O) groups is 3. The van der Waals surface area contributed by atoms with Crippen LogP contribution in [0.5, 0.6) is 0 Å². The lowest BCUT2D eigenvalue weighted by atomic mass is 10.1. The predicted octanol–water partition coefficient (Wildman–Crippen LogP) is 2.65. The molecule has 1 atom stereocenters. The molecule has 0 saturated heterocycles. The largest absolute Gasteiger partial charge is 0.416 e. The third-order valence-corrected chi connectivity index (χ3v) is 5.02. The van der Waals surface area contributed by atoms with Gasteiger partial charge in [-0.2, -0.15) is 13.2 Å². The standard InChI is InChI=1S/C21H22F3N5O3/c1-12-5-4-6-17(25-12)27-18(30)10-28(3)13(2)20(32)29-11-19(31)26-15-9-14(21(22,23)24)7-8-16(15)29/h4-9,13H,10-11H2,1-3H3,(H,26,31)(H,25,27,30). The fourth-order valence-corrected chi connectivity index (χ4v) is 3.24. The second kappa shape index (κ2) is 8.95. The number of pyridine rings is 1. The normalized spacial score (nSPS) is 14.6. The molecule has 1 aliphatic heterocycles. The molecule has 1 aliphatic rings. The number of hydrogen-bond acceptors (Lipinski definition) is 5. The number of halogens is 3. The van der Waals surface area contributed by atoms with E-state index in [4.69, 9.17) is 0 Å². The molecule has 1 aromatic carbocycles. The van der Waals surface area contributed by atoms with Gasteiger partial charge in [-0.05, 0) is 51.2 Å². The third-order valence-electron chi connectivity index (χ3n) is 5.02. The number of likely N-dealkylation sites (N-methyl/N-ethyl adjacent to an activating group) is 1. The van der Waals surface area contributed by atoms with Gasteiger partial charge in [-0.3, -0.25) is 24.2 Å². The highest BCUT2D eigenvalue weighted by Gasteiger charge is 2.35. The number of carbonyl (C=O) groups excluding carboxylic acids is 3. The van der Waals surface area contributed by atoms with Gasteiger partial charge in [0.15, 0.2) is 0 Å². The minimum Gasteiger partial charge on any atom is -0.323 e. The van der Waals surface area contributed by atoms with Crippen molar-refractivity contribution in [3.05, 3.63) is 47.7 Å². The van der Waals surface area contributed by atoms with E-state index in [0.29, 0.717) is 5.82 Å². The fraction of sp³-hybridized carbons (Fsp3) is 0.333. The lowest BCUT2D eigenvalue weighted by molar-refractivity contribution is -0.137. The molecule has 170 valence electrons. The van der Waals surface area contributed by atoms with Crippen LogP contribution in [-0.4, -0.2) is 53.8 Å². The molecule has 0 spiro atoms. The highest BCUT2D eigenvalue weighted by atomic mass is 19.4. The van der Waals surface area contributed by atoms with Crippen LogP contribution in [0, 0.1) is 6.92 Å². The highest BCUT2D eigenvalue weighted by molar-refractivity contribution is 6.11. The second-order valence-corrected chi connectivity index (χ2v) is 7.51. The van der Waals surface area contributed by atoms with Crippen LogP contribution >= 0.6 is 0 Å². The van der Waals surface area contributed by atoms with Crippen LogP contribution in [-0.2, 0) is 20.6 Å². The summed E-state index contributed by atoms with van der Waals surface area (Å²) in [4.78, 5) is 44.2. The van der Waals surface area contributed by atoms with Gasteiger partial charge in [0.2, 0.25) is 17.7 Å². The summed E-state index contributed by atoms with van der Waals surface area (Å²) in [7, 11) is 1.56. The first kappa shape index (κ1) is 23.2. The van der Waals surface area contributed by atoms with E-state index >= 15 is 0 Å². The predicted molar refractivity (Wildman–Crippen MR) is 112 cm³/mol. The monoisotopic (exact) mass is 449 g/mol. The van der Waals surface area contributed by atoms with Crippen LogP contribution < -0.4 is 15.5 Å². The minimum atomic E-state index is -4.58. The Morgan fingerprint density at radius 3 is 2.66 bits per heavy atom. The SMILES string of the molecule is Cc1cccc(NC(=O)CN(C)C(C)C(=O)N2CC(=O)Nc3cc(C(F)(F)F)ccc32)n1. The molecule has 2 N–H and O–H groups in total. The Bertz CT molecular complexity index is 1060. The summed E-state index contributed by atoms with van der Waals surface area (Å²) in [5.74, 6) is -1.14. The first-order valence-electron chi connectivity index (χ1n) is 9.72. The number of aryl methyl sites for hydroxylation is 1. The quantitative estimate of drug-likeness (QED) is 0.732. The maximum absolute atomic E-state index is 13.1. The average Bonchev–Trinajstić information content (AvgIpc) is 2.70. The van der Waals surface area contributed by atoms with Gasteiger partial charge in [0.05, 0.1) is 29.5 Å². The molecule has 0 aliphatic carbocycles. The van der Waals surface area contributed by atoms with Crippen LogP contribution in [0.1, 0.15) is 18.2 Å². The van der Waals surface area contributed by atoms with E-state index in [1.54, 1.807) is 39.1 Å². The van der Waals surface area contributed by atoms with Crippen molar-refractivity contribution in [2.24, 2.45) is 0 Å². The molecule has 2 aromatic rings. The Labute approximate surface area is 182 Å². The van der Waals surface area contributed by atoms with Crippen molar-refractivity contribution in [2.45, 2.75) is 26.1 Å². The molecule has 11 heteroatoms. The second-order valence-electron chi connectivity index (χ2n) is 7.51. The Morgan fingerprint density at radius 1 is 1.28 bits per heavy atom. The molecule has 8 nitrogen and oxygen atoms in total. The highest BCUT2D eigenvalue weighted by Crippen LogP contribution is 2.37. The number of aromatic nitrogens is 1. The van der Waals surface area contributed by atoms with E-state index in [-0.39, 0.29) is 24.5 Å². The van der Waals surface area contributed by atoms with E-state index in [0.717, 1.165) is 28.8 Å². The molecular weight excluding hydrogens is 427 g/mol. The zero-order valence-corrected chi connectivity index (χ0v) is 17.7. The number of rotatable bonds is 5. The number of anilines is 3. The van der Waals surface area contributed by atoms with Crippen molar-refractivity contribution in [3.8, 4) is 0 Å². The number of hydrogen-bond donors (Lipinski definition) is 2. The Morgan fingerprint density at radius 2 is 2.00 bits per heavy atom. The van der Waals surface area contributed by atoms with Gasteiger partial charge in [-0.15, -0.1) is 0 Å². The average molecular weight is 449 g/mol. The maximum atomic E-state index is 13.1. The molecular formula is C21H22F3N5O3. The number of fused-ring (bicyclic) bond motifs is 1. The van der Waals surface area contributed by atoms with Gasteiger partial charge >= 0.3 is 6.18 Å². The molecule has 1 unspecified atom stereocenters. The lowest BCUT2D eigenvalue weighted by Crippen LogP contribution is -2.51. The number of nitrogens with zero attached hydrogens (tertiary/aromatic N) is 3. The lowest BCUT2D eigenvalue weighted by Gasteiger charge is -2.34. The molecule has 3 rings (SSSR count). The zero-order chi connectivity index (χ0) is 23.6. The van der Waals surface area contributed by atoms with Crippen LogP contribution in [0.3, 0.4) is 0 Å². The van der Waals surface area contributed by atoms with Crippen molar-refractivity contribution in [1.29, 1.82) is 0 Å². The molecule has 3 amide bonds. The Balaban J connectivity index is 1.72. The number of alkyl halides is 3. The molecule has 0 radical (unpaired) electrons. The van der Waals surface area contributed by atoms with Gasteiger partial charge in [0.25, 0.3) is 0 Å².